The van der Waals surface area contributed by atoms with Crippen LogP contribution in [0.4, 0.5) is 0 Å². The summed E-state index contributed by atoms with van der Waals surface area (Å²) in [5.74, 6) is 0.102. The van der Waals surface area contributed by atoms with E-state index in [4.69, 9.17) is 4.74 Å². The minimum absolute atomic E-state index is 0.0266. The van der Waals surface area contributed by atoms with Crippen LogP contribution in [0.2, 0.25) is 0 Å². The lowest BCUT2D eigenvalue weighted by atomic mass is 9.72. The number of fused-ring (bicyclic) bond motifs is 2. The number of benzene rings is 1. The van der Waals surface area contributed by atoms with Crippen LogP contribution < -0.4 is 5.32 Å². The molecule has 1 amide bonds. The summed E-state index contributed by atoms with van der Waals surface area (Å²) in [5, 5.41) is 3.25. The molecule has 1 saturated heterocycles. The molecule has 0 aromatic heterocycles. The number of likely N-dealkylation sites (tertiary alicyclic amines) is 1. The van der Waals surface area contributed by atoms with E-state index in [9.17, 15) is 4.79 Å². The topological polar surface area (TPSA) is 41.6 Å². The lowest BCUT2D eigenvalue weighted by molar-refractivity contribution is -0.123. The number of amides is 1. The van der Waals surface area contributed by atoms with Crippen LogP contribution in [0.25, 0.3) is 0 Å². The minimum Gasteiger partial charge on any atom is -0.375 e. The SMILES string of the molecule is CCCN1CCC2(CC1)c1ccccc1[C@@H](NC(=O)CC)[C@@H]2OCC. The molecule has 1 aliphatic heterocycles. The van der Waals surface area contributed by atoms with E-state index in [1.807, 2.05) is 6.92 Å². The summed E-state index contributed by atoms with van der Waals surface area (Å²) in [6, 6.07) is 8.62. The molecule has 1 heterocycles. The van der Waals surface area contributed by atoms with E-state index >= 15 is 0 Å². The maximum atomic E-state index is 12.2. The van der Waals surface area contributed by atoms with Gasteiger partial charge in [0.15, 0.2) is 0 Å². The maximum absolute atomic E-state index is 12.2. The van der Waals surface area contributed by atoms with Gasteiger partial charge in [-0.2, -0.15) is 0 Å². The average Bonchev–Trinajstić information content (AvgIpc) is 2.88. The molecule has 1 aliphatic carbocycles. The predicted octanol–water partition coefficient (Wildman–Crippen LogP) is 3.42. The summed E-state index contributed by atoms with van der Waals surface area (Å²) in [7, 11) is 0. The number of ether oxygens (including phenoxy) is 1. The van der Waals surface area contributed by atoms with E-state index in [2.05, 4.69) is 48.3 Å². The molecule has 2 atom stereocenters. The number of nitrogens with zero attached hydrogens (tertiary/aromatic N) is 1. The van der Waals surface area contributed by atoms with E-state index in [1.54, 1.807) is 0 Å². The Morgan fingerprint density at radius 2 is 1.96 bits per heavy atom. The third-order valence-electron chi connectivity index (χ3n) is 5.95. The monoisotopic (exact) mass is 344 g/mol. The number of carbonyl (C=O) groups excluding carboxylic acids is 1. The van der Waals surface area contributed by atoms with Gasteiger partial charge in [-0.3, -0.25) is 4.79 Å². The summed E-state index contributed by atoms with van der Waals surface area (Å²) >= 11 is 0. The zero-order valence-electron chi connectivity index (χ0n) is 15.9. The lowest BCUT2D eigenvalue weighted by Crippen LogP contribution is -2.51. The Bertz CT molecular complexity index is 593. The van der Waals surface area contributed by atoms with Gasteiger partial charge in [-0.05, 0) is 56.9 Å². The highest BCUT2D eigenvalue weighted by atomic mass is 16.5. The van der Waals surface area contributed by atoms with Gasteiger partial charge in [0.1, 0.15) is 0 Å². The van der Waals surface area contributed by atoms with Crippen LogP contribution in [-0.4, -0.2) is 43.2 Å². The second-order valence-corrected chi connectivity index (χ2v) is 7.36. The highest BCUT2D eigenvalue weighted by molar-refractivity contribution is 5.76. The molecule has 4 nitrogen and oxygen atoms in total. The number of nitrogens with one attached hydrogen (secondary N) is 1. The Labute approximate surface area is 151 Å². The summed E-state index contributed by atoms with van der Waals surface area (Å²) < 4.78 is 6.30. The van der Waals surface area contributed by atoms with Crippen LogP contribution in [-0.2, 0) is 14.9 Å². The van der Waals surface area contributed by atoms with Gasteiger partial charge >= 0.3 is 0 Å². The fraction of sp³-hybridized carbons (Fsp3) is 0.667. The van der Waals surface area contributed by atoms with E-state index < -0.39 is 0 Å². The van der Waals surface area contributed by atoms with Crippen molar-refractivity contribution < 1.29 is 9.53 Å². The third-order valence-corrected chi connectivity index (χ3v) is 5.95. The van der Waals surface area contributed by atoms with Crippen LogP contribution in [0.15, 0.2) is 24.3 Å². The fourth-order valence-corrected chi connectivity index (χ4v) is 4.77. The maximum Gasteiger partial charge on any atom is 0.220 e. The number of hydrogen-bond donors (Lipinski definition) is 1. The predicted molar refractivity (Wildman–Crippen MR) is 101 cm³/mol. The molecule has 0 unspecified atom stereocenters. The van der Waals surface area contributed by atoms with Gasteiger partial charge in [0, 0.05) is 18.4 Å². The van der Waals surface area contributed by atoms with E-state index in [0.29, 0.717) is 13.0 Å². The van der Waals surface area contributed by atoms with Crippen LogP contribution in [0, 0.1) is 0 Å². The van der Waals surface area contributed by atoms with Gasteiger partial charge in [0.05, 0.1) is 12.1 Å². The Hall–Kier alpha value is -1.39. The molecule has 1 fully saturated rings. The van der Waals surface area contributed by atoms with Crippen LogP contribution in [0.3, 0.4) is 0 Å². The molecule has 25 heavy (non-hydrogen) atoms. The van der Waals surface area contributed by atoms with Crippen molar-refractivity contribution >= 4 is 5.91 Å². The summed E-state index contributed by atoms with van der Waals surface area (Å²) in [4.78, 5) is 14.7. The van der Waals surface area contributed by atoms with Gasteiger partial charge < -0.3 is 15.0 Å². The average molecular weight is 344 g/mol. The van der Waals surface area contributed by atoms with Crippen molar-refractivity contribution in [3.05, 3.63) is 35.4 Å². The lowest BCUT2D eigenvalue weighted by Gasteiger charge is -2.44. The van der Waals surface area contributed by atoms with E-state index in [1.165, 1.54) is 24.1 Å². The first kappa shape index (κ1) is 18.4. The Morgan fingerprint density at radius 3 is 2.60 bits per heavy atom. The Morgan fingerprint density at radius 1 is 1.24 bits per heavy atom. The highest BCUT2D eigenvalue weighted by Crippen LogP contribution is 2.52. The minimum atomic E-state index is -0.0266. The molecule has 2 aliphatic rings. The molecule has 138 valence electrons. The first-order valence-electron chi connectivity index (χ1n) is 9.89. The second kappa shape index (κ2) is 7.88. The summed E-state index contributed by atoms with van der Waals surface area (Å²) in [6.45, 7) is 10.3. The molecular weight excluding hydrogens is 312 g/mol. The van der Waals surface area contributed by atoms with Crippen molar-refractivity contribution in [2.45, 2.75) is 64.0 Å². The van der Waals surface area contributed by atoms with Gasteiger partial charge in [0.2, 0.25) is 5.91 Å². The quantitative estimate of drug-likeness (QED) is 0.860. The number of carbonyl (C=O) groups is 1. The molecule has 1 aromatic carbocycles. The van der Waals surface area contributed by atoms with Crippen LogP contribution in [0.1, 0.15) is 63.6 Å². The molecule has 1 N–H and O–H groups in total. The molecule has 4 heteroatoms. The number of rotatable bonds is 6. The van der Waals surface area contributed by atoms with Crippen molar-refractivity contribution in [3.8, 4) is 0 Å². The van der Waals surface area contributed by atoms with E-state index in [-0.39, 0.29) is 23.5 Å². The molecule has 1 spiro atoms. The molecule has 3 rings (SSSR count). The van der Waals surface area contributed by atoms with Gasteiger partial charge in [0.25, 0.3) is 0 Å². The smallest absolute Gasteiger partial charge is 0.220 e. The standard InChI is InChI=1S/C21H32N2O2/c1-4-13-23-14-11-21(12-15-23)17-10-8-7-9-16(17)19(20(21)25-6-3)22-18(24)5-2/h7-10,19-20H,4-6,11-15H2,1-3H3,(H,22,24)/t19-,20+/m1/s1. The summed E-state index contributed by atoms with van der Waals surface area (Å²) in [5.41, 5.74) is 2.68. The first-order chi connectivity index (χ1) is 12.2. The number of piperidine rings is 1. The second-order valence-electron chi connectivity index (χ2n) is 7.36. The van der Waals surface area contributed by atoms with E-state index in [0.717, 1.165) is 25.9 Å². The third kappa shape index (κ3) is 3.34. The zero-order valence-corrected chi connectivity index (χ0v) is 15.9. The van der Waals surface area contributed by atoms with Crippen molar-refractivity contribution in [2.24, 2.45) is 0 Å². The van der Waals surface area contributed by atoms with Crippen molar-refractivity contribution in [3.63, 3.8) is 0 Å². The van der Waals surface area contributed by atoms with Crippen LogP contribution in [0.5, 0.6) is 0 Å². The Kier molecular flexibility index (Phi) is 5.80. The normalized spacial score (nSPS) is 25.1. The van der Waals surface area contributed by atoms with Crippen molar-refractivity contribution in [2.75, 3.05) is 26.2 Å². The molecule has 0 saturated carbocycles. The van der Waals surface area contributed by atoms with Crippen molar-refractivity contribution in [1.29, 1.82) is 0 Å². The van der Waals surface area contributed by atoms with Crippen molar-refractivity contribution in [1.82, 2.24) is 10.2 Å². The van der Waals surface area contributed by atoms with Gasteiger partial charge in [-0.25, -0.2) is 0 Å². The fourth-order valence-electron chi connectivity index (χ4n) is 4.77. The zero-order chi connectivity index (χ0) is 17.9. The molecule has 1 aromatic rings. The highest BCUT2D eigenvalue weighted by Gasteiger charge is 2.54. The molecular formula is C21H32N2O2. The summed E-state index contributed by atoms with van der Waals surface area (Å²) in [6.07, 6.45) is 3.96. The largest absolute Gasteiger partial charge is 0.375 e. The van der Waals surface area contributed by atoms with Gasteiger partial charge in [-0.15, -0.1) is 0 Å². The van der Waals surface area contributed by atoms with Gasteiger partial charge in [-0.1, -0.05) is 38.1 Å². The molecule has 0 bridgehead atoms. The Balaban J connectivity index is 1.94. The number of hydrogen-bond acceptors (Lipinski definition) is 3. The van der Waals surface area contributed by atoms with Crippen LogP contribution >= 0.6 is 0 Å². The molecule has 0 radical (unpaired) electrons. The first-order valence-corrected chi connectivity index (χ1v) is 9.89.